The predicted octanol–water partition coefficient (Wildman–Crippen LogP) is 4.43. The second-order valence-corrected chi connectivity index (χ2v) is 5.87. The van der Waals surface area contributed by atoms with Gasteiger partial charge in [0.1, 0.15) is 0 Å². The van der Waals surface area contributed by atoms with E-state index in [1.807, 2.05) is 42.5 Å². The molecule has 1 unspecified atom stereocenters. The molecule has 0 radical (unpaired) electrons. The first-order valence-corrected chi connectivity index (χ1v) is 8.59. The highest BCUT2D eigenvalue weighted by Gasteiger charge is 2.12. The summed E-state index contributed by atoms with van der Waals surface area (Å²) in [5.41, 5.74) is 1.87. The van der Waals surface area contributed by atoms with Gasteiger partial charge in [-0.3, -0.25) is 0 Å². The van der Waals surface area contributed by atoms with Crippen LogP contribution in [-0.4, -0.2) is 35.5 Å². The molecule has 140 valence electrons. The molecule has 2 rings (SSSR count). The van der Waals surface area contributed by atoms with Crippen molar-refractivity contribution in [2.45, 2.75) is 0 Å². The van der Waals surface area contributed by atoms with Crippen molar-refractivity contribution in [2.75, 3.05) is 35.5 Å². The van der Waals surface area contributed by atoms with E-state index in [0.29, 0.717) is 28.7 Å². The standard InChI is InChI=1S/C19H23O6P/c1-20-15-9-8-13(10-16(15)25-26-24-5)6-7-14-11-17(21-2)19(23-4)18(12-14)22-3/h6-12,26H,1-5H3/b7-6-. The summed E-state index contributed by atoms with van der Waals surface area (Å²) in [7, 11) is 7.85. The zero-order valence-corrected chi connectivity index (χ0v) is 16.5. The number of methoxy groups -OCH3 is 4. The summed E-state index contributed by atoms with van der Waals surface area (Å²) in [6, 6.07) is 9.44. The molecule has 2 aromatic carbocycles. The topological polar surface area (TPSA) is 55.4 Å². The molecular weight excluding hydrogens is 355 g/mol. The number of hydrogen-bond acceptors (Lipinski definition) is 6. The van der Waals surface area contributed by atoms with Crippen molar-refractivity contribution in [1.82, 2.24) is 0 Å². The molecule has 0 N–H and O–H groups in total. The normalized spacial score (nSPS) is 11.1. The van der Waals surface area contributed by atoms with Crippen LogP contribution in [0.25, 0.3) is 12.2 Å². The Morgan fingerprint density at radius 2 is 1.23 bits per heavy atom. The first kappa shape index (κ1) is 19.9. The molecule has 0 aliphatic rings. The quantitative estimate of drug-likeness (QED) is 0.475. The Morgan fingerprint density at radius 3 is 1.77 bits per heavy atom. The molecule has 0 aliphatic carbocycles. The maximum atomic E-state index is 5.56. The third kappa shape index (κ3) is 4.81. The third-order valence-electron chi connectivity index (χ3n) is 3.58. The Hall–Kier alpha value is -2.43. The van der Waals surface area contributed by atoms with Crippen LogP contribution in [0.5, 0.6) is 28.7 Å². The Kier molecular flexibility index (Phi) is 7.57. The van der Waals surface area contributed by atoms with Crippen LogP contribution in [0.2, 0.25) is 0 Å². The lowest BCUT2D eigenvalue weighted by molar-refractivity contribution is 0.324. The van der Waals surface area contributed by atoms with Crippen LogP contribution in [0.4, 0.5) is 0 Å². The van der Waals surface area contributed by atoms with Gasteiger partial charge in [0.15, 0.2) is 23.0 Å². The molecule has 0 aromatic heterocycles. The summed E-state index contributed by atoms with van der Waals surface area (Å²) < 4.78 is 31.9. The van der Waals surface area contributed by atoms with Crippen molar-refractivity contribution in [1.29, 1.82) is 0 Å². The van der Waals surface area contributed by atoms with Gasteiger partial charge < -0.3 is 28.0 Å². The average Bonchev–Trinajstić information content (AvgIpc) is 2.69. The molecule has 0 saturated carbocycles. The second kappa shape index (κ2) is 9.90. The Labute approximate surface area is 155 Å². The van der Waals surface area contributed by atoms with Crippen LogP contribution < -0.4 is 23.5 Å². The van der Waals surface area contributed by atoms with E-state index in [4.69, 9.17) is 28.0 Å². The lowest BCUT2D eigenvalue weighted by atomic mass is 10.1. The molecule has 0 saturated heterocycles. The largest absolute Gasteiger partial charge is 0.493 e. The van der Waals surface area contributed by atoms with Gasteiger partial charge in [0, 0.05) is 7.11 Å². The van der Waals surface area contributed by atoms with Gasteiger partial charge in [-0.2, -0.15) is 0 Å². The fourth-order valence-electron chi connectivity index (χ4n) is 2.35. The lowest BCUT2D eigenvalue weighted by Gasteiger charge is -2.13. The molecule has 0 aliphatic heterocycles. The SMILES string of the molecule is COPOc1cc(/C=C\c2cc(OC)c(OC)c(OC)c2)ccc1OC. The van der Waals surface area contributed by atoms with Gasteiger partial charge in [-0.05, 0) is 35.4 Å². The summed E-state index contributed by atoms with van der Waals surface area (Å²) in [6.45, 7) is 0. The Morgan fingerprint density at radius 1 is 0.654 bits per heavy atom. The minimum Gasteiger partial charge on any atom is -0.493 e. The minimum atomic E-state index is -0.0933. The smallest absolute Gasteiger partial charge is 0.215 e. The zero-order chi connectivity index (χ0) is 18.9. The van der Waals surface area contributed by atoms with Crippen molar-refractivity contribution in [3.8, 4) is 28.7 Å². The maximum absolute atomic E-state index is 5.56. The molecule has 26 heavy (non-hydrogen) atoms. The highest BCUT2D eigenvalue weighted by Crippen LogP contribution is 2.39. The van der Waals surface area contributed by atoms with E-state index in [9.17, 15) is 0 Å². The van der Waals surface area contributed by atoms with Gasteiger partial charge in [-0.25, -0.2) is 0 Å². The maximum Gasteiger partial charge on any atom is 0.215 e. The van der Waals surface area contributed by atoms with Gasteiger partial charge in [0.25, 0.3) is 0 Å². The molecule has 6 nitrogen and oxygen atoms in total. The van der Waals surface area contributed by atoms with Crippen molar-refractivity contribution in [2.24, 2.45) is 0 Å². The zero-order valence-electron chi connectivity index (χ0n) is 15.5. The molecule has 0 bridgehead atoms. The van der Waals surface area contributed by atoms with Gasteiger partial charge in [-0.15, -0.1) is 0 Å². The van der Waals surface area contributed by atoms with Crippen LogP contribution in [0.1, 0.15) is 11.1 Å². The van der Waals surface area contributed by atoms with Crippen molar-refractivity contribution in [3.63, 3.8) is 0 Å². The molecule has 0 spiro atoms. The minimum absolute atomic E-state index is 0.0933. The molecular formula is C19H23O6P. The Balaban J connectivity index is 2.31. The van der Waals surface area contributed by atoms with E-state index in [1.54, 1.807) is 35.5 Å². The van der Waals surface area contributed by atoms with Crippen LogP contribution in [0.3, 0.4) is 0 Å². The van der Waals surface area contributed by atoms with E-state index < -0.39 is 0 Å². The summed E-state index contributed by atoms with van der Waals surface area (Å²) in [6.07, 6.45) is 3.91. The van der Waals surface area contributed by atoms with Crippen LogP contribution in [0.15, 0.2) is 30.3 Å². The summed E-state index contributed by atoms with van der Waals surface area (Å²) in [4.78, 5) is 0. The molecule has 0 heterocycles. The lowest BCUT2D eigenvalue weighted by Crippen LogP contribution is -1.95. The number of ether oxygens (including phenoxy) is 4. The van der Waals surface area contributed by atoms with E-state index in [2.05, 4.69) is 0 Å². The number of rotatable bonds is 9. The monoisotopic (exact) mass is 378 g/mol. The molecule has 0 amide bonds. The van der Waals surface area contributed by atoms with Gasteiger partial charge in [0.05, 0.1) is 28.4 Å². The molecule has 2 aromatic rings. The van der Waals surface area contributed by atoms with Crippen LogP contribution in [-0.2, 0) is 4.52 Å². The summed E-state index contributed by atoms with van der Waals surface area (Å²) >= 11 is 0. The highest BCUT2D eigenvalue weighted by atomic mass is 31.1. The highest BCUT2D eigenvalue weighted by molar-refractivity contribution is 7.26. The van der Waals surface area contributed by atoms with E-state index in [1.165, 1.54) is 0 Å². The summed E-state index contributed by atoms with van der Waals surface area (Å²) in [5, 5.41) is 0. The second-order valence-electron chi connectivity index (χ2n) is 5.09. The molecule has 7 heteroatoms. The van der Waals surface area contributed by atoms with Crippen LogP contribution in [0, 0.1) is 0 Å². The van der Waals surface area contributed by atoms with Crippen molar-refractivity contribution >= 4 is 21.2 Å². The first-order valence-electron chi connectivity index (χ1n) is 7.77. The third-order valence-corrected chi connectivity index (χ3v) is 4.05. The Bertz CT molecular complexity index is 735. The van der Waals surface area contributed by atoms with Gasteiger partial charge >= 0.3 is 0 Å². The number of benzene rings is 2. The fourth-order valence-corrected chi connectivity index (χ4v) is 2.69. The predicted molar refractivity (Wildman–Crippen MR) is 104 cm³/mol. The molecule has 1 atom stereocenters. The van der Waals surface area contributed by atoms with Gasteiger partial charge in [0.2, 0.25) is 14.8 Å². The molecule has 0 fully saturated rings. The van der Waals surface area contributed by atoms with E-state index in [-0.39, 0.29) is 9.03 Å². The van der Waals surface area contributed by atoms with Gasteiger partial charge in [-0.1, -0.05) is 18.2 Å². The number of hydrogen-bond donors (Lipinski definition) is 0. The summed E-state index contributed by atoms with van der Waals surface area (Å²) in [5.74, 6) is 3.05. The van der Waals surface area contributed by atoms with Crippen LogP contribution >= 0.6 is 9.03 Å². The van der Waals surface area contributed by atoms with E-state index >= 15 is 0 Å². The van der Waals surface area contributed by atoms with Crippen molar-refractivity contribution in [3.05, 3.63) is 41.5 Å². The van der Waals surface area contributed by atoms with Crippen molar-refractivity contribution < 1.29 is 28.0 Å². The average molecular weight is 378 g/mol. The fraction of sp³-hybridized carbons (Fsp3) is 0.263. The first-order chi connectivity index (χ1) is 12.7. The van der Waals surface area contributed by atoms with E-state index in [0.717, 1.165) is 11.1 Å².